The summed E-state index contributed by atoms with van der Waals surface area (Å²) in [5, 5.41) is 0. The van der Waals surface area contributed by atoms with Crippen LogP contribution in [0.3, 0.4) is 0 Å². The number of ether oxygens (including phenoxy) is 2. The molecule has 33 heavy (non-hydrogen) atoms. The van der Waals surface area contributed by atoms with Crippen molar-refractivity contribution < 1.29 is 23.9 Å². The van der Waals surface area contributed by atoms with Crippen molar-refractivity contribution in [2.75, 3.05) is 61.0 Å². The van der Waals surface area contributed by atoms with Crippen molar-refractivity contribution in [3.8, 4) is 0 Å². The van der Waals surface area contributed by atoms with Gasteiger partial charge in [-0.15, -0.1) is 0 Å². The maximum atomic E-state index is 12.6. The molecule has 0 saturated carbocycles. The quantitative estimate of drug-likeness (QED) is 0.464. The summed E-state index contributed by atoms with van der Waals surface area (Å²) < 4.78 is 11.4. The predicted molar refractivity (Wildman–Crippen MR) is 130 cm³/mol. The Labute approximate surface area is 200 Å². The summed E-state index contributed by atoms with van der Waals surface area (Å²) in [4.78, 5) is 43.7. The Bertz CT molecular complexity index is 646. The van der Waals surface area contributed by atoms with E-state index >= 15 is 0 Å². The molecule has 1 amide bonds. The van der Waals surface area contributed by atoms with Gasteiger partial charge in [-0.05, 0) is 73.6 Å². The van der Waals surface area contributed by atoms with E-state index in [-0.39, 0.29) is 29.4 Å². The minimum Gasteiger partial charge on any atom is -0.463 e. The molecule has 1 unspecified atom stereocenters. The average molecular weight is 470 g/mol. The lowest BCUT2D eigenvalue weighted by atomic mass is 9.86. The monoisotopic (exact) mass is 469 g/mol. The van der Waals surface area contributed by atoms with E-state index in [1.54, 1.807) is 14.0 Å². The van der Waals surface area contributed by atoms with Gasteiger partial charge in [-0.3, -0.25) is 19.3 Å². The molecule has 0 aromatic heterocycles. The number of esters is 1. The number of likely N-dealkylation sites (tertiary alicyclic amines) is 1. The maximum absolute atomic E-state index is 12.6. The molecule has 0 aliphatic carbocycles. The number of cyclic esters (lactones) is 1. The van der Waals surface area contributed by atoms with Crippen LogP contribution in [0.5, 0.6) is 0 Å². The van der Waals surface area contributed by atoms with Gasteiger partial charge in [0, 0.05) is 26.6 Å². The molecule has 0 bridgehead atoms. The lowest BCUT2D eigenvalue weighted by Gasteiger charge is -2.47. The number of amides is 1. The van der Waals surface area contributed by atoms with Gasteiger partial charge in [0.1, 0.15) is 18.3 Å². The van der Waals surface area contributed by atoms with Crippen LogP contribution in [0.15, 0.2) is 0 Å². The van der Waals surface area contributed by atoms with Gasteiger partial charge in [-0.1, -0.05) is 13.8 Å². The number of carbonyl (C=O) groups is 3. The summed E-state index contributed by atoms with van der Waals surface area (Å²) in [5.41, 5.74) is -0.714. The molecule has 2 saturated heterocycles. The Balaban J connectivity index is 0.00000265. The van der Waals surface area contributed by atoms with Crippen molar-refractivity contribution in [2.24, 2.45) is 5.92 Å². The molecule has 2 rings (SSSR count). The van der Waals surface area contributed by atoms with Gasteiger partial charge in [0.25, 0.3) is 0 Å². The van der Waals surface area contributed by atoms with Crippen LogP contribution in [0.4, 0.5) is 0 Å². The minimum atomic E-state index is -0.772. The Hall–Kier alpha value is -1.51. The summed E-state index contributed by atoms with van der Waals surface area (Å²) in [5.74, 6) is -1.20. The zero-order valence-electron chi connectivity index (χ0n) is 22.2. The van der Waals surface area contributed by atoms with Crippen molar-refractivity contribution in [1.29, 1.82) is 0 Å². The number of carbonyl (C=O) groups excluding carboxylic acids is 3. The number of methoxy groups -OCH3 is 1. The standard InChI is InChI=1S/C23H41N3O5.C2H6/c1-18-19(27)8-10-22(2,30-6)9-7-13-25(5)23(17-31-21(18)29)11-14-26(15-12-23)20(28)16-24(3)4;1-2/h18H,7-17H2,1-6H3;1-2H3/t18?,22-;/m1./s1. The third-order valence-corrected chi connectivity index (χ3v) is 7.22. The minimum absolute atomic E-state index is 0.0981. The summed E-state index contributed by atoms with van der Waals surface area (Å²) in [6.07, 6.45) is 4.14. The molecule has 2 heterocycles. The molecule has 2 atom stereocenters. The fourth-order valence-electron chi connectivity index (χ4n) is 4.50. The van der Waals surface area contributed by atoms with Crippen LogP contribution in [0, 0.1) is 5.92 Å². The number of nitrogens with zero attached hydrogens (tertiary/aromatic N) is 3. The van der Waals surface area contributed by atoms with E-state index in [1.165, 1.54) is 0 Å². The molecule has 1 spiro atoms. The van der Waals surface area contributed by atoms with E-state index < -0.39 is 11.9 Å². The van der Waals surface area contributed by atoms with Crippen LogP contribution < -0.4 is 0 Å². The first kappa shape index (κ1) is 29.5. The highest BCUT2D eigenvalue weighted by molar-refractivity contribution is 5.98. The van der Waals surface area contributed by atoms with E-state index in [9.17, 15) is 14.4 Å². The normalized spacial score (nSPS) is 27.7. The van der Waals surface area contributed by atoms with Crippen molar-refractivity contribution in [3.05, 3.63) is 0 Å². The third-order valence-electron chi connectivity index (χ3n) is 7.22. The first-order chi connectivity index (χ1) is 15.5. The van der Waals surface area contributed by atoms with Crippen LogP contribution in [-0.4, -0.2) is 105 Å². The number of piperidine rings is 1. The van der Waals surface area contributed by atoms with Gasteiger partial charge in [0.15, 0.2) is 0 Å². The van der Waals surface area contributed by atoms with Gasteiger partial charge in [-0.25, -0.2) is 0 Å². The number of ketones is 1. The van der Waals surface area contributed by atoms with Gasteiger partial charge in [0.2, 0.25) is 5.91 Å². The zero-order chi connectivity index (χ0) is 25.2. The molecular formula is C25H47N3O5. The summed E-state index contributed by atoms with van der Waals surface area (Å²) in [7, 11) is 7.54. The fourth-order valence-corrected chi connectivity index (χ4v) is 4.50. The third kappa shape index (κ3) is 8.34. The molecule has 8 nitrogen and oxygen atoms in total. The molecule has 0 aromatic carbocycles. The summed E-state index contributed by atoms with van der Waals surface area (Å²) in [6.45, 7) is 10.4. The Morgan fingerprint density at radius 3 is 2.27 bits per heavy atom. The highest BCUT2D eigenvalue weighted by atomic mass is 16.5. The van der Waals surface area contributed by atoms with Crippen LogP contribution in [0.2, 0.25) is 0 Å². The highest BCUT2D eigenvalue weighted by Crippen LogP contribution is 2.31. The maximum Gasteiger partial charge on any atom is 0.316 e. The van der Waals surface area contributed by atoms with Crippen LogP contribution in [0.25, 0.3) is 0 Å². The van der Waals surface area contributed by atoms with Gasteiger partial charge >= 0.3 is 5.97 Å². The van der Waals surface area contributed by atoms with E-state index in [0.717, 1.165) is 32.2 Å². The first-order valence-electron chi connectivity index (χ1n) is 12.4. The Morgan fingerprint density at radius 2 is 1.73 bits per heavy atom. The van der Waals surface area contributed by atoms with Gasteiger partial charge < -0.3 is 19.3 Å². The number of hydrogen-bond acceptors (Lipinski definition) is 7. The fraction of sp³-hybridized carbons (Fsp3) is 0.880. The summed E-state index contributed by atoms with van der Waals surface area (Å²) in [6, 6.07) is 0. The average Bonchev–Trinajstić information content (AvgIpc) is 2.81. The number of hydrogen-bond donors (Lipinski definition) is 0. The molecule has 8 heteroatoms. The molecule has 0 aromatic rings. The van der Waals surface area contributed by atoms with E-state index in [4.69, 9.17) is 9.47 Å². The van der Waals surface area contributed by atoms with E-state index in [2.05, 4.69) is 11.9 Å². The van der Waals surface area contributed by atoms with Crippen molar-refractivity contribution in [2.45, 2.75) is 77.4 Å². The lowest BCUT2D eigenvalue weighted by molar-refractivity contribution is -0.157. The van der Waals surface area contributed by atoms with Crippen molar-refractivity contribution in [1.82, 2.24) is 14.7 Å². The Morgan fingerprint density at radius 1 is 1.12 bits per heavy atom. The second kappa shape index (κ2) is 13.4. The lowest BCUT2D eigenvalue weighted by Crippen LogP contribution is -2.58. The summed E-state index contributed by atoms with van der Waals surface area (Å²) >= 11 is 0. The van der Waals surface area contributed by atoms with E-state index in [0.29, 0.717) is 32.5 Å². The number of Topliss-reactive ketones (excluding diaryl/α,β-unsaturated/α-hetero) is 1. The van der Waals surface area contributed by atoms with Crippen LogP contribution in [0.1, 0.15) is 66.2 Å². The topological polar surface area (TPSA) is 79.4 Å². The molecule has 2 fully saturated rings. The molecule has 192 valence electrons. The molecule has 0 N–H and O–H groups in total. The van der Waals surface area contributed by atoms with Crippen molar-refractivity contribution >= 4 is 17.7 Å². The predicted octanol–water partition coefficient (Wildman–Crippen LogP) is 2.59. The van der Waals surface area contributed by atoms with Crippen LogP contribution in [-0.2, 0) is 23.9 Å². The molecule has 2 aliphatic heterocycles. The molecule has 0 radical (unpaired) electrons. The first-order valence-corrected chi connectivity index (χ1v) is 12.4. The highest BCUT2D eigenvalue weighted by Gasteiger charge is 2.41. The van der Waals surface area contributed by atoms with Crippen molar-refractivity contribution in [3.63, 3.8) is 0 Å². The smallest absolute Gasteiger partial charge is 0.316 e. The Kier molecular flexibility index (Phi) is 12.0. The molecular weight excluding hydrogens is 422 g/mol. The van der Waals surface area contributed by atoms with Crippen LogP contribution >= 0.6 is 0 Å². The largest absolute Gasteiger partial charge is 0.463 e. The number of likely N-dealkylation sites (N-methyl/N-ethyl adjacent to an activating group) is 2. The zero-order valence-corrected chi connectivity index (χ0v) is 22.2. The SMILES string of the molecule is CC.CO[C@]1(C)CCCN(C)C2(CCN(C(=O)CN(C)C)CC2)COC(=O)C(C)C(=O)CC1. The second-order valence-corrected chi connectivity index (χ2v) is 9.82. The van der Waals surface area contributed by atoms with Gasteiger partial charge in [-0.2, -0.15) is 0 Å². The van der Waals surface area contributed by atoms with E-state index in [1.807, 2.05) is 44.7 Å². The van der Waals surface area contributed by atoms with Gasteiger partial charge in [0.05, 0.1) is 17.7 Å². The molecule has 2 aliphatic rings. The number of rotatable bonds is 3. The second-order valence-electron chi connectivity index (χ2n) is 9.82.